The molecule has 19 heavy (non-hydrogen) atoms. The van der Waals surface area contributed by atoms with Gasteiger partial charge in [-0.15, -0.1) is 0 Å². The van der Waals surface area contributed by atoms with Gasteiger partial charge in [-0.05, 0) is 24.1 Å². The highest BCUT2D eigenvalue weighted by molar-refractivity contribution is 6.30. The molecule has 8 heteroatoms. The van der Waals surface area contributed by atoms with Gasteiger partial charge in [-0.2, -0.15) is 26.3 Å². The van der Waals surface area contributed by atoms with E-state index < -0.39 is 23.6 Å². The van der Waals surface area contributed by atoms with Crippen LogP contribution in [0.15, 0.2) is 18.2 Å². The van der Waals surface area contributed by atoms with Crippen LogP contribution in [0.3, 0.4) is 0 Å². The molecule has 0 aromatic heterocycles. The molecular weight excluding hydrogens is 301 g/mol. The van der Waals surface area contributed by atoms with Gasteiger partial charge < -0.3 is 0 Å². The van der Waals surface area contributed by atoms with Crippen molar-refractivity contribution in [1.82, 2.24) is 0 Å². The van der Waals surface area contributed by atoms with E-state index >= 15 is 0 Å². The van der Waals surface area contributed by atoms with Crippen molar-refractivity contribution in [3.63, 3.8) is 0 Å². The van der Waals surface area contributed by atoms with Gasteiger partial charge in [0.25, 0.3) is 0 Å². The average molecular weight is 309 g/mol. The Kier molecular flexibility index (Phi) is 4.10. The highest BCUT2D eigenvalue weighted by Gasteiger charge is 2.73. The average Bonchev–Trinajstić information content (AvgIpc) is 2.23. The summed E-state index contributed by atoms with van der Waals surface area (Å²) in [5.41, 5.74) is -6.91. The molecule has 0 aliphatic carbocycles. The molecule has 0 nitrogen and oxygen atoms in total. The molecule has 0 radical (unpaired) electrons. The van der Waals surface area contributed by atoms with E-state index in [1.165, 1.54) is 13.0 Å². The lowest BCUT2D eigenvalue weighted by atomic mass is 9.92. The Bertz CT molecular complexity index is 447. The zero-order valence-corrected chi connectivity index (χ0v) is 10.2. The Labute approximate surface area is 109 Å². The molecule has 1 aromatic rings. The minimum absolute atomic E-state index is 0.0815. The molecule has 0 heterocycles. The summed E-state index contributed by atoms with van der Waals surface area (Å²) < 4.78 is 88.8. The van der Waals surface area contributed by atoms with Gasteiger partial charge >= 0.3 is 18.0 Å². The van der Waals surface area contributed by atoms with Crippen LogP contribution >= 0.6 is 11.6 Å². The topological polar surface area (TPSA) is 0 Å². The first-order valence-electron chi connectivity index (χ1n) is 5.05. The number of aryl methyl sites for hydroxylation is 1. The molecule has 0 saturated carbocycles. The van der Waals surface area contributed by atoms with Gasteiger partial charge in [-0.1, -0.05) is 24.6 Å². The third-order valence-corrected chi connectivity index (χ3v) is 2.76. The molecule has 1 rings (SSSR count). The summed E-state index contributed by atoms with van der Waals surface area (Å²) in [6, 6.07) is 2.03. The Balaban J connectivity index is 3.56. The van der Waals surface area contributed by atoms with Crippen molar-refractivity contribution in [1.29, 1.82) is 0 Å². The van der Waals surface area contributed by atoms with Crippen LogP contribution in [0.25, 0.3) is 0 Å². The van der Waals surface area contributed by atoms with Crippen LogP contribution in [-0.4, -0.2) is 12.4 Å². The minimum atomic E-state index is -6.12. The minimum Gasteiger partial charge on any atom is -0.218 e. The van der Waals surface area contributed by atoms with E-state index in [2.05, 4.69) is 0 Å². The third kappa shape index (κ3) is 2.80. The first-order valence-corrected chi connectivity index (χ1v) is 5.43. The van der Waals surface area contributed by atoms with Crippen molar-refractivity contribution < 1.29 is 30.7 Å². The lowest BCUT2D eigenvalue weighted by molar-refractivity contribution is -0.348. The fourth-order valence-electron chi connectivity index (χ4n) is 1.54. The Morgan fingerprint density at radius 1 is 0.895 bits per heavy atom. The van der Waals surface area contributed by atoms with Crippen LogP contribution in [0, 0.1) is 0 Å². The maximum Gasteiger partial charge on any atom is 0.435 e. The maximum absolute atomic E-state index is 13.7. The highest BCUT2D eigenvalue weighted by atomic mass is 35.5. The third-order valence-electron chi connectivity index (χ3n) is 2.54. The summed E-state index contributed by atoms with van der Waals surface area (Å²) >= 11 is 5.43. The zero-order chi connectivity index (χ0) is 15.1. The smallest absolute Gasteiger partial charge is 0.218 e. The summed E-state index contributed by atoms with van der Waals surface area (Å²) in [5, 5.41) is -0.384. The van der Waals surface area contributed by atoms with Crippen molar-refractivity contribution in [3.8, 4) is 0 Å². The Hall–Kier alpha value is -0.980. The number of hydrogen-bond donors (Lipinski definition) is 0. The van der Waals surface area contributed by atoms with Gasteiger partial charge in [0.15, 0.2) is 0 Å². The van der Waals surface area contributed by atoms with Gasteiger partial charge in [0, 0.05) is 10.6 Å². The van der Waals surface area contributed by atoms with Gasteiger partial charge in [0.2, 0.25) is 0 Å². The fraction of sp³-hybridized carbons (Fsp3) is 0.455. The quantitative estimate of drug-likeness (QED) is 0.659. The maximum atomic E-state index is 13.7. The summed E-state index contributed by atoms with van der Waals surface area (Å²) in [7, 11) is 0. The van der Waals surface area contributed by atoms with E-state index in [0.717, 1.165) is 0 Å². The van der Waals surface area contributed by atoms with Crippen LogP contribution in [0.2, 0.25) is 5.02 Å². The summed E-state index contributed by atoms with van der Waals surface area (Å²) in [6.07, 6.45) is -12.1. The molecular formula is C11H8ClF7. The normalized spacial score (nSPS) is 13.7. The van der Waals surface area contributed by atoms with Crippen molar-refractivity contribution in [3.05, 3.63) is 34.3 Å². The molecule has 0 atom stereocenters. The molecule has 108 valence electrons. The second-order valence-corrected chi connectivity index (χ2v) is 4.29. The largest absolute Gasteiger partial charge is 0.435 e. The molecule has 0 amide bonds. The van der Waals surface area contributed by atoms with E-state index in [9.17, 15) is 30.7 Å². The van der Waals surface area contributed by atoms with Crippen molar-refractivity contribution in [2.45, 2.75) is 31.4 Å². The van der Waals surface area contributed by atoms with E-state index in [0.29, 0.717) is 12.1 Å². The fourth-order valence-corrected chi connectivity index (χ4v) is 1.80. The molecule has 0 N–H and O–H groups in total. The zero-order valence-electron chi connectivity index (χ0n) is 9.46. The number of halogens is 8. The first-order chi connectivity index (χ1) is 8.43. The van der Waals surface area contributed by atoms with E-state index in [-0.39, 0.29) is 17.0 Å². The van der Waals surface area contributed by atoms with E-state index in [1.807, 2.05) is 0 Å². The monoisotopic (exact) mass is 308 g/mol. The van der Waals surface area contributed by atoms with Gasteiger partial charge in [0.05, 0.1) is 0 Å². The van der Waals surface area contributed by atoms with Crippen LogP contribution in [0.4, 0.5) is 30.7 Å². The Morgan fingerprint density at radius 3 is 1.74 bits per heavy atom. The first kappa shape index (κ1) is 16.1. The summed E-state index contributed by atoms with van der Waals surface area (Å²) in [6.45, 7) is 1.50. The second kappa shape index (κ2) is 4.85. The molecule has 0 aliphatic rings. The van der Waals surface area contributed by atoms with Crippen LogP contribution in [0.1, 0.15) is 18.1 Å². The molecule has 0 unspecified atom stereocenters. The molecule has 1 aromatic carbocycles. The standard InChI is InChI=1S/C11H8ClF7/c1-2-6-3-7(5-8(12)4-6)9(13,10(14,15)16)11(17,18)19/h3-5H,2H2,1H3. The lowest BCUT2D eigenvalue weighted by Gasteiger charge is -2.30. The highest BCUT2D eigenvalue weighted by Crippen LogP contribution is 2.53. The number of rotatable bonds is 2. The van der Waals surface area contributed by atoms with Crippen molar-refractivity contribution in [2.24, 2.45) is 0 Å². The molecule has 0 fully saturated rings. The van der Waals surface area contributed by atoms with Crippen molar-refractivity contribution >= 4 is 11.6 Å². The predicted octanol–water partition coefficient (Wildman–Crippen LogP) is 5.19. The Morgan fingerprint density at radius 2 is 1.37 bits per heavy atom. The van der Waals surface area contributed by atoms with Crippen LogP contribution < -0.4 is 0 Å². The van der Waals surface area contributed by atoms with Gasteiger partial charge in [-0.25, -0.2) is 4.39 Å². The number of alkyl halides is 7. The predicted molar refractivity (Wildman–Crippen MR) is 55.7 cm³/mol. The molecule has 0 spiro atoms. The van der Waals surface area contributed by atoms with E-state index in [4.69, 9.17) is 11.6 Å². The van der Waals surface area contributed by atoms with E-state index in [1.54, 1.807) is 0 Å². The van der Waals surface area contributed by atoms with Crippen molar-refractivity contribution in [2.75, 3.05) is 0 Å². The van der Waals surface area contributed by atoms with Crippen LogP contribution in [-0.2, 0) is 12.1 Å². The van der Waals surface area contributed by atoms with Gasteiger partial charge in [0.1, 0.15) is 0 Å². The second-order valence-electron chi connectivity index (χ2n) is 3.86. The summed E-state index contributed by atoms with van der Waals surface area (Å²) in [4.78, 5) is 0. The summed E-state index contributed by atoms with van der Waals surface area (Å²) in [5.74, 6) is 0. The van der Waals surface area contributed by atoms with Gasteiger partial charge in [-0.3, -0.25) is 0 Å². The SMILES string of the molecule is CCc1cc(Cl)cc(C(F)(C(F)(F)F)C(F)(F)F)c1. The number of benzene rings is 1. The number of hydrogen-bond acceptors (Lipinski definition) is 0. The lowest BCUT2D eigenvalue weighted by Crippen LogP contribution is -2.50. The molecule has 0 aliphatic heterocycles. The van der Waals surface area contributed by atoms with Crippen LogP contribution in [0.5, 0.6) is 0 Å². The molecule has 0 saturated heterocycles. The molecule has 0 bridgehead atoms.